The van der Waals surface area contributed by atoms with Crippen LogP contribution in [0.25, 0.3) is 16.8 Å². The van der Waals surface area contributed by atoms with E-state index in [4.69, 9.17) is 16.5 Å². The topological polar surface area (TPSA) is 194 Å². The summed E-state index contributed by atoms with van der Waals surface area (Å²) in [5.74, 6) is -0.0211. The van der Waals surface area contributed by atoms with Gasteiger partial charge in [0.1, 0.15) is 11.4 Å². The van der Waals surface area contributed by atoms with Crippen LogP contribution in [0.3, 0.4) is 0 Å². The molecule has 0 aromatic carbocycles. The molecule has 2 fully saturated rings. The van der Waals surface area contributed by atoms with Crippen molar-refractivity contribution in [2.24, 2.45) is 0 Å². The number of amides is 1. The summed E-state index contributed by atoms with van der Waals surface area (Å²) in [5.41, 5.74) is 14.6. The van der Waals surface area contributed by atoms with Gasteiger partial charge in [-0.05, 0) is 52.5 Å². The molecule has 0 radical (unpaired) electrons. The van der Waals surface area contributed by atoms with Crippen LogP contribution in [0.1, 0.15) is 84.7 Å². The lowest BCUT2D eigenvalue weighted by Gasteiger charge is -2.38. The maximum Gasteiger partial charge on any atom is 0.292 e. The lowest BCUT2D eigenvalue weighted by Crippen LogP contribution is -2.46. The zero-order valence-electron chi connectivity index (χ0n) is 21.9. The lowest BCUT2D eigenvalue weighted by atomic mass is 9.85. The van der Waals surface area contributed by atoms with Crippen LogP contribution in [0.2, 0.25) is 0 Å². The van der Waals surface area contributed by atoms with Crippen molar-refractivity contribution in [2.75, 3.05) is 11.5 Å². The molecule has 6 heterocycles. The second-order valence-corrected chi connectivity index (χ2v) is 10.9. The van der Waals surface area contributed by atoms with Gasteiger partial charge in [0.15, 0.2) is 11.4 Å². The van der Waals surface area contributed by atoms with Crippen molar-refractivity contribution in [2.45, 2.75) is 70.1 Å². The number of aliphatic hydroxyl groups is 1. The zero-order valence-corrected chi connectivity index (χ0v) is 21.9. The van der Waals surface area contributed by atoms with Crippen molar-refractivity contribution in [3.05, 3.63) is 47.3 Å². The molecule has 2 aliphatic rings. The summed E-state index contributed by atoms with van der Waals surface area (Å²) >= 11 is 0. The molecule has 0 saturated carbocycles. The Morgan fingerprint density at radius 1 is 1.10 bits per heavy atom. The average molecular weight is 531 g/mol. The number of carbonyl (C=O) groups is 2. The van der Waals surface area contributed by atoms with Crippen molar-refractivity contribution in [1.82, 2.24) is 39.7 Å². The number of nitrogens with zero attached hydrogens (tertiary/aromatic N) is 7. The third kappa shape index (κ3) is 4.09. The van der Waals surface area contributed by atoms with Gasteiger partial charge in [0, 0.05) is 35.3 Å². The highest BCUT2D eigenvalue weighted by Gasteiger charge is 2.46. The van der Waals surface area contributed by atoms with Crippen LogP contribution in [-0.2, 0) is 5.60 Å². The van der Waals surface area contributed by atoms with Crippen molar-refractivity contribution in [3.63, 3.8) is 0 Å². The number of piperidine rings is 1. The predicted octanol–water partition coefficient (Wildman–Crippen LogP) is 2.05. The molecular weight excluding hydrogens is 500 g/mol. The van der Waals surface area contributed by atoms with E-state index in [1.165, 1.54) is 11.4 Å². The summed E-state index contributed by atoms with van der Waals surface area (Å²) < 4.78 is 1.49. The normalized spacial score (nSPS) is 21.0. The van der Waals surface area contributed by atoms with E-state index in [9.17, 15) is 14.7 Å². The number of nitrogen functional groups attached to an aromatic ring is 2. The number of carbonyl (C=O) groups excluding carboxylic acids is 2. The van der Waals surface area contributed by atoms with Gasteiger partial charge >= 0.3 is 0 Å². The van der Waals surface area contributed by atoms with E-state index >= 15 is 0 Å². The van der Waals surface area contributed by atoms with Crippen LogP contribution in [0, 0.1) is 0 Å². The molecule has 13 heteroatoms. The Hall–Kier alpha value is -4.39. The number of aromatic nitrogens is 7. The molecule has 0 unspecified atom stereocenters. The summed E-state index contributed by atoms with van der Waals surface area (Å²) in [5, 5.41) is 22.3. The number of anilines is 2. The van der Waals surface area contributed by atoms with Gasteiger partial charge in [0.25, 0.3) is 5.91 Å². The van der Waals surface area contributed by atoms with E-state index in [-0.39, 0.29) is 47.3 Å². The summed E-state index contributed by atoms with van der Waals surface area (Å²) in [6, 6.07) is 3.55. The van der Waals surface area contributed by atoms with Gasteiger partial charge in [-0.25, -0.2) is 4.98 Å². The molecule has 0 aliphatic carbocycles. The minimum atomic E-state index is -1.07. The molecule has 4 aromatic rings. The van der Waals surface area contributed by atoms with Crippen LogP contribution in [0.4, 0.5) is 11.8 Å². The Labute approximate surface area is 223 Å². The fourth-order valence-corrected chi connectivity index (χ4v) is 6.03. The van der Waals surface area contributed by atoms with Crippen molar-refractivity contribution in [3.8, 4) is 11.1 Å². The first-order chi connectivity index (χ1) is 18.5. The van der Waals surface area contributed by atoms with E-state index < -0.39 is 5.60 Å². The maximum atomic E-state index is 13.2. The first kappa shape index (κ1) is 24.9. The molecule has 2 saturated heterocycles. The largest absolute Gasteiger partial charge is 0.384 e. The van der Waals surface area contributed by atoms with Crippen molar-refractivity contribution >= 4 is 29.1 Å². The molecular formula is C26H30N10O3. The van der Waals surface area contributed by atoms with Gasteiger partial charge in [0.05, 0.1) is 23.1 Å². The van der Waals surface area contributed by atoms with Gasteiger partial charge in [-0.1, -0.05) is 6.07 Å². The number of fused-ring (bicyclic) bond motifs is 3. The minimum absolute atomic E-state index is 0.0328. The summed E-state index contributed by atoms with van der Waals surface area (Å²) in [6.07, 6.45) is 6.30. The van der Waals surface area contributed by atoms with Gasteiger partial charge in [-0.2, -0.15) is 9.61 Å². The van der Waals surface area contributed by atoms with Crippen LogP contribution in [0.15, 0.2) is 24.5 Å². The van der Waals surface area contributed by atoms with E-state index in [1.807, 2.05) is 11.0 Å². The van der Waals surface area contributed by atoms with Gasteiger partial charge in [-0.15, -0.1) is 10.2 Å². The van der Waals surface area contributed by atoms with E-state index in [0.717, 1.165) is 18.4 Å². The molecule has 6 rings (SSSR count). The monoisotopic (exact) mass is 530 g/mol. The SMILES string of the molecule is CC(=O)c1c([C@H]2C[C@H]3CC[C@@H](C2)N3C(=O)c2nnc(N)[nH]2)nc2c(-c3ccc(C(C)(C)O)nc3)cnn2c1N. The number of Topliss-reactive ketones (excluding diaryl/α,β-unsaturated/α-hetero) is 1. The van der Waals surface area contributed by atoms with Gasteiger partial charge in [-0.3, -0.25) is 14.6 Å². The summed E-state index contributed by atoms with van der Waals surface area (Å²) in [4.78, 5) is 40.0. The van der Waals surface area contributed by atoms with Crippen LogP contribution < -0.4 is 11.5 Å². The molecule has 6 N–H and O–H groups in total. The molecule has 3 atom stereocenters. The molecule has 13 nitrogen and oxygen atoms in total. The Kier molecular flexibility index (Phi) is 5.64. The fourth-order valence-electron chi connectivity index (χ4n) is 6.03. The molecule has 2 aliphatic heterocycles. The number of nitrogens with one attached hydrogen (secondary N) is 1. The molecule has 39 heavy (non-hydrogen) atoms. The molecule has 2 bridgehead atoms. The second kappa shape index (κ2) is 8.83. The Morgan fingerprint density at radius 3 is 2.38 bits per heavy atom. The number of nitrogens with two attached hydrogens (primary N) is 2. The third-order valence-electron chi connectivity index (χ3n) is 7.83. The maximum absolute atomic E-state index is 13.2. The molecule has 1 amide bonds. The van der Waals surface area contributed by atoms with Crippen LogP contribution in [0.5, 0.6) is 0 Å². The first-order valence-electron chi connectivity index (χ1n) is 12.9. The van der Waals surface area contributed by atoms with Crippen molar-refractivity contribution < 1.29 is 14.7 Å². The van der Waals surface area contributed by atoms with Crippen molar-refractivity contribution in [1.29, 1.82) is 0 Å². The Morgan fingerprint density at radius 2 is 1.82 bits per heavy atom. The van der Waals surface area contributed by atoms with Crippen LogP contribution in [-0.4, -0.2) is 68.5 Å². The number of hydrogen-bond donors (Lipinski definition) is 4. The highest BCUT2D eigenvalue weighted by atomic mass is 16.3. The van der Waals surface area contributed by atoms with Gasteiger partial charge < -0.3 is 26.5 Å². The first-order valence-corrected chi connectivity index (χ1v) is 12.9. The fraction of sp³-hybridized carbons (Fsp3) is 0.423. The highest BCUT2D eigenvalue weighted by molar-refractivity contribution is 6.00. The number of aromatic amines is 1. The zero-order chi connectivity index (χ0) is 27.6. The minimum Gasteiger partial charge on any atom is -0.384 e. The highest BCUT2D eigenvalue weighted by Crippen LogP contribution is 2.45. The third-order valence-corrected chi connectivity index (χ3v) is 7.83. The number of rotatable bonds is 5. The van der Waals surface area contributed by atoms with E-state index in [1.54, 1.807) is 32.3 Å². The lowest BCUT2D eigenvalue weighted by molar-refractivity contribution is 0.0556. The predicted molar refractivity (Wildman–Crippen MR) is 142 cm³/mol. The smallest absolute Gasteiger partial charge is 0.292 e. The Bertz CT molecular complexity index is 1590. The molecule has 4 aromatic heterocycles. The Balaban J connectivity index is 1.38. The van der Waals surface area contributed by atoms with E-state index in [2.05, 4.69) is 25.3 Å². The van der Waals surface area contributed by atoms with Gasteiger partial charge in [0.2, 0.25) is 11.8 Å². The average Bonchev–Trinajstić information content (AvgIpc) is 3.58. The summed E-state index contributed by atoms with van der Waals surface area (Å²) in [7, 11) is 0. The number of ketones is 1. The summed E-state index contributed by atoms with van der Waals surface area (Å²) in [6.45, 7) is 4.83. The number of hydrogen-bond acceptors (Lipinski definition) is 10. The quantitative estimate of drug-likeness (QED) is 0.277. The standard InChI is InChI=1S/C26H30N10O3/c1-12(37)19-20(14-8-15-5-6-16(9-14)35(15)24(38)22-32-25(28)34-33-22)31-23-17(11-30-36(23)21(19)27)13-4-7-18(29-10-13)26(2,3)39/h4,7,10-11,14-16,39H,5-6,8-9,27H2,1-3H3,(H3,28,32,33,34)/t14-,15+,16-. The van der Waals surface area contributed by atoms with E-state index in [0.29, 0.717) is 41.0 Å². The number of pyridine rings is 1. The second-order valence-electron chi connectivity index (χ2n) is 10.9. The number of H-pyrrole nitrogens is 1. The van der Waals surface area contributed by atoms with Crippen LogP contribution >= 0.6 is 0 Å². The molecule has 202 valence electrons. The molecule has 0 spiro atoms.